The number of sulfonamides is 1. The van der Waals surface area contributed by atoms with Crippen LogP contribution in [0.5, 0.6) is 0 Å². The summed E-state index contributed by atoms with van der Waals surface area (Å²) < 4.78 is 25.8. The molecule has 0 aliphatic heterocycles. The Balaban J connectivity index is 2.94. The zero-order valence-electron chi connectivity index (χ0n) is 8.80. The lowest BCUT2D eigenvalue weighted by Crippen LogP contribution is -2.37. The number of aromatic nitrogens is 1. The maximum absolute atomic E-state index is 11.7. The highest BCUT2D eigenvalue weighted by Crippen LogP contribution is 2.06. The highest BCUT2D eigenvalue weighted by Gasteiger charge is 2.18. The SMILES string of the molecule is CC[C@H](CO)NS(=O)(=O)c1ccc(=O)[nH]c1. The maximum atomic E-state index is 11.7. The maximum Gasteiger partial charge on any atom is 0.247 e. The Morgan fingerprint density at radius 1 is 1.50 bits per heavy atom. The summed E-state index contributed by atoms with van der Waals surface area (Å²) in [5, 5.41) is 8.90. The van der Waals surface area contributed by atoms with Crippen LogP contribution < -0.4 is 10.3 Å². The first-order valence-electron chi connectivity index (χ1n) is 4.81. The van der Waals surface area contributed by atoms with Crippen LogP contribution in [0.25, 0.3) is 0 Å². The number of aliphatic hydroxyl groups excluding tert-OH is 1. The molecular formula is C9H14N2O4S. The average Bonchev–Trinajstić information content (AvgIpc) is 2.26. The van der Waals surface area contributed by atoms with Gasteiger partial charge < -0.3 is 10.1 Å². The van der Waals surface area contributed by atoms with E-state index in [9.17, 15) is 13.2 Å². The van der Waals surface area contributed by atoms with E-state index in [1.165, 1.54) is 6.07 Å². The van der Waals surface area contributed by atoms with E-state index in [2.05, 4.69) is 9.71 Å². The second kappa shape index (κ2) is 5.24. The Bertz CT molecular complexity index is 470. The van der Waals surface area contributed by atoms with Gasteiger partial charge in [-0.3, -0.25) is 4.79 Å². The standard InChI is InChI=1S/C9H14N2O4S/c1-2-7(6-12)11-16(14,15)8-3-4-9(13)10-5-8/h3-5,7,11-12H,2,6H2,1H3,(H,10,13)/t7-/m1/s1. The van der Waals surface area contributed by atoms with Crippen LogP contribution in [0, 0.1) is 0 Å². The minimum atomic E-state index is -3.68. The van der Waals surface area contributed by atoms with Crippen molar-refractivity contribution in [2.24, 2.45) is 0 Å². The molecule has 0 saturated heterocycles. The minimum absolute atomic E-state index is 0.0287. The van der Waals surface area contributed by atoms with Crippen LogP contribution >= 0.6 is 0 Å². The van der Waals surface area contributed by atoms with Gasteiger partial charge in [-0.2, -0.15) is 0 Å². The first-order chi connectivity index (χ1) is 7.49. The fourth-order valence-electron chi connectivity index (χ4n) is 1.10. The summed E-state index contributed by atoms with van der Waals surface area (Å²) in [4.78, 5) is 13.0. The zero-order valence-corrected chi connectivity index (χ0v) is 9.62. The molecule has 0 radical (unpaired) electrons. The van der Waals surface area contributed by atoms with Gasteiger partial charge in [0, 0.05) is 18.3 Å². The van der Waals surface area contributed by atoms with Gasteiger partial charge in [0.05, 0.1) is 11.5 Å². The van der Waals surface area contributed by atoms with Crippen LogP contribution in [-0.4, -0.2) is 31.2 Å². The number of nitrogens with one attached hydrogen (secondary N) is 2. The van der Waals surface area contributed by atoms with Gasteiger partial charge in [-0.1, -0.05) is 6.92 Å². The molecule has 1 aromatic rings. The highest BCUT2D eigenvalue weighted by molar-refractivity contribution is 7.89. The summed E-state index contributed by atoms with van der Waals surface area (Å²) >= 11 is 0. The molecule has 90 valence electrons. The third-order valence-electron chi connectivity index (χ3n) is 2.10. The lowest BCUT2D eigenvalue weighted by molar-refractivity contribution is 0.254. The van der Waals surface area contributed by atoms with E-state index in [1.54, 1.807) is 6.92 Å². The lowest BCUT2D eigenvalue weighted by atomic mass is 10.3. The Labute approximate surface area is 93.4 Å². The average molecular weight is 246 g/mol. The summed E-state index contributed by atoms with van der Waals surface area (Å²) in [6.45, 7) is 1.50. The smallest absolute Gasteiger partial charge is 0.247 e. The van der Waals surface area contributed by atoms with Gasteiger partial charge in [0.15, 0.2) is 0 Å². The van der Waals surface area contributed by atoms with Gasteiger partial charge in [-0.25, -0.2) is 13.1 Å². The van der Waals surface area contributed by atoms with Gasteiger partial charge in [-0.15, -0.1) is 0 Å². The fourth-order valence-corrected chi connectivity index (χ4v) is 2.38. The van der Waals surface area contributed by atoms with E-state index < -0.39 is 16.1 Å². The number of pyridine rings is 1. The minimum Gasteiger partial charge on any atom is -0.395 e. The predicted octanol–water partition coefficient (Wildman–Crippen LogP) is -0.576. The van der Waals surface area contributed by atoms with E-state index in [1.807, 2.05) is 0 Å². The summed E-state index contributed by atoms with van der Waals surface area (Å²) in [6, 6.07) is 1.83. The van der Waals surface area contributed by atoms with Gasteiger partial charge >= 0.3 is 0 Å². The molecular weight excluding hydrogens is 232 g/mol. The third kappa shape index (κ3) is 3.16. The second-order valence-corrected chi connectivity index (χ2v) is 5.01. The van der Waals surface area contributed by atoms with E-state index in [0.717, 1.165) is 12.3 Å². The second-order valence-electron chi connectivity index (χ2n) is 3.30. The topological polar surface area (TPSA) is 99.3 Å². The lowest BCUT2D eigenvalue weighted by Gasteiger charge is -2.13. The molecule has 0 bridgehead atoms. The summed E-state index contributed by atoms with van der Waals surface area (Å²) in [7, 11) is -3.68. The van der Waals surface area contributed by atoms with Crippen molar-refractivity contribution >= 4 is 10.0 Å². The Kier molecular flexibility index (Phi) is 4.22. The van der Waals surface area contributed by atoms with Crippen molar-refractivity contribution < 1.29 is 13.5 Å². The molecule has 6 nitrogen and oxygen atoms in total. The normalized spacial score (nSPS) is 13.6. The Morgan fingerprint density at radius 2 is 2.19 bits per heavy atom. The fraction of sp³-hybridized carbons (Fsp3) is 0.444. The summed E-state index contributed by atoms with van der Waals surface area (Å²) in [5.41, 5.74) is -0.367. The van der Waals surface area contributed by atoms with Crippen LogP contribution in [-0.2, 0) is 10.0 Å². The molecule has 0 aliphatic rings. The van der Waals surface area contributed by atoms with Crippen molar-refractivity contribution in [3.63, 3.8) is 0 Å². The van der Waals surface area contributed by atoms with Crippen molar-refractivity contribution in [1.29, 1.82) is 0 Å². The molecule has 0 fully saturated rings. The predicted molar refractivity (Wildman–Crippen MR) is 58.5 cm³/mol. The molecule has 0 spiro atoms. The van der Waals surface area contributed by atoms with Gasteiger partial charge in [0.1, 0.15) is 0 Å². The monoisotopic (exact) mass is 246 g/mol. The van der Waals surface area contributed by atoms with Gasteiger partial charge in [0.2, 0.25) is 15.6 Å². The molecule has 1 rings (SSSR count). The van der Waals surface area contributed by atoms with Crippen LogP contribution in [0.4, 0.5) is 0 Å². The molecule has 1 aromatic heterocycles. The van der Waals surface area contributed by atoms with E-state index >= 15 is 0 Å². The largest absolute Gasteiger partial charge is 0.395 e. The molecule has 0 aliphatic carbocycles. The van der Waals surface area contributed by atoms with Crippen LogP contribution in [0.2, 0.25) is 0 Å². The number of H-pyrrole nitrogens is 1. The first-order valence-corrected chi connectivity index (χ1v) is 6.30. The van der Waals surface area contributed by atoms with Crippen molar-refractivity contribution in [2.75, 3.05) is 6.61 Å². The third-order valence-corrected chi connectivity index (χ3v) is 3.62. The van der Waals surface area contributed by atoms with Gasteiger partial charge in [-0.05, 0) is 12.5 Å². The number of hydrogen-bond acceptors (Lipinski definition) is 4. The molecule has 1 atom stereocenters. The zero-order chi connectivity index (χ0) is 12.2. The van der Waals surface area contributed by atoms with Crippen LogP contribution in [0.3, 0.4) is 0 Å². The summed E-state index contributed by atoms with van der Waals surface area (Å²) in [6.07, 6.45) is 1.61. The van der Waals surface area contributed by atoms with Crippen molar-refractivity contribution in [3.8, 4) is 0 Å². The summed E-state index contributed by atoms with van der Waals surface area (Å²) in [5.74, 6) is 0. The molecule has 0 unspecified atom stereocenters. The van der Waals surface area contributed by atoms with Gasteiger partial charge in [0.25, 0.3) is 0 Å². The highest BCUT2D eigenvalue weighted by atomic mass is 32.2. The first kappa shape index (κ1) is 12.9. The Morgan fingerprint density at radius 3 is 2.62 bits per heavy atom. The van der Waals surface area contributed by atoms with Crippen molar-refractivity contribution in [1.82, 2.24) is 9.71 Å². The molecule has 0 saturated carbocycles. The molecule has 0 aromatic carbocycles. The van der Waals surface area contributed by atoms with E-state index in [0.29, 0.717) is 6.42 Å². The van der Waals surface area contributed by atoms with Crippen LogP contribution in [0.15, 0.2) is 28.0 Å². The number of hydrogen-bond donors (Lipinski definition) is 3. The van der Waals surface area contributed by atoms with Crippen molar-refractivity contribution in [2.45, 2.75) is 24.3 Å². The molecule has 7 heteroatoms. The molecule has 3 N–H and O–H groups in total. The molecule has 16 heavy (non-hydrogen) atoms. The van der Waals surface area contributed by atoms with E-state index in [-0.39, 0.29) is 17.1 Å². The Hall–Kier alpha value is -1.18. The number of rotatable bonds is 5. The van der Waals surface area contributed by atoms with Crippen molar-refractivity contribution in [3.05, 3.63) is 28.7 Å². The number of aliphatic hydroxyl groups is 1. The molecule has 1 heterocycles. The quantitative estimate of drug-likeness (QED) is 0.647. The molecule has 0 amide bonds. The van der Waals surface area contributed by atoms with E-state index in [4.69, 9.17) is 5.11 Å². The number of aromatic amines is 1. The van der Waals surface area contributed by atoms with Crippen LogP contribution in [0.1, 0.15) is 13.3 Å².